The standard InChI is InChI=1S/C31H33NO7/c1-4-5-6-20-8-10-23-26(18-7-12-24-25(15-18)39-16-38-24)28(31(35)36)27(29(23)32-20)22-11-9-21(37-3)14-19(22)13-17(2)30(33)34/h7-12,14-15,17,26-28H,4-6,13,16H2,1-3H3,(H,33,34)(H,35,36)/t17?,26-,27-,28?/m0/s1. The molecule has 0 spiro atoms. The zero-order valence-electron chi connectivity index (χ0n) is 22.3. The maximum Gasteiger partial charge on any atom is 0.308 e. The molecule has 2 N–H and O–H groups in total. The third-order valence-corrected chi connectivity index (χ3v) is 7.82. The molecule has 1 aliphatic carbocycles. The van der Waals surface area contributed by atoms with Crippen molar-refractivity contribution in [3.63, 3.8) is 0 Å². The predicted octanol–water partition coefficient (Wildman–Crippen LogP) is 5.40. The molecule has 3 aromatic rings. The Bertz CT molecular complexity index is 1400. The molecule has 1 aromatic heterocycles. The molecule has 0 saturated carbocycles. The van der Waals surface area contributed by atoms with E-state index >= 15 is 0 Å². The van der Waals surface area contributed by atoms with Crippen LogP contribution in [0, 0.1) is 11.8 Å². The number of pyridine rings is 1. The van der Waals surface area contributed by atoms with Gasteiger partial charge in [0.15, 0.2) is 11.5 Å². The average Bonchev–Trinajstić information content (AvgIpc) is 3.53. The van der Waals surface area contributed by atoms with E-state index in [1.807, 2.05) is 42.5 Å². The summed E-state index contributed by atoms with van der Waals surface area (Å²) in [7, 11) is 1.56. The van der Waals surface area contributed by atoms with E-state index in [2.05, 4.69) is 6.92 Å². The predicted molar refractivity (Wildman–Crippen MR) is 144 cm³/mol. The van der Waals surface area contributed by atoms with Gasteiger partial charge in [0.05, 0.1) is 24.6 Å². The summed E-state index contributed by atoms with van der Waals surface area (Å²) in [6.07, 6.45) is 3.04. The number of ether oxygens (including phenoxy) is 3. The number of aliphatic carboxylic acids is 2. The highest BCUT2D eigenvalue weighted by molar-refractivity contribution is 5.78. The van der Waals surface area contributed by atoms with Gasteiger partial charge in [-0.2, -0.15) is 0 Å². The van der Waals surface area contributed by atoms with E-state index in [0.717, 1.165) is 52.9 Å². The molecule has 204 valence electrons. The van der Waals surface area contributed by atoms with E-state index in [1.165, 1.54) is 0 Å². The van der Waals surface area contributed by atoms with E-state index in [9.17, 15) is 19.8 Å². The fourth-order valence-electron chi connectivity index (χ4n) is 5.82. The van der Waals surface area contributed by atoms with Gasteiger partial charge in [-0.15, -0.1) is 0 Å². The second kappa shape index (κ2) is 11.0. The molecule has 0 radical (unpaired) electrons. The number of unbranched alkanes of at least 4 members (excludes halogenated alkanes) is 1. The molecule has 0 saturated heterocycles. The topological polar surface area (TPSA) is 115 Å². The summed E-state index contributed by atoms with van der Waals surface area (Å²) >= 11 is 0. The number of aryl methyl sites for hydroxylation is 1. The maximum atomic E-state index is 13.1. The second-order valence-electron chi connectivity index (χ2n) is 10.3. The van der Waals surface area contributed by atoms with Crippen molar-refractivity contribution >= 4 is 11.9 Å². The molecule has 5 rings (SSSR count). The lowest BCUT2D eigenvalue weighted by molar-refractivity contribution is -0.143. The van der Waals surface area contributed by atoms with Crippen LogP contribution >= 0.6 is 0 Å². The lowest BCUT2D eigenvalue weighted by Gasteiger charge is -2.25. The first-order valence-electron chi connectivity index (χ1n) is 13.3. The third-order valence-electron chi connectivity index (χ3n) is 7.82. The van der Waals surface area contributed by atoms with Gasteiger partial charge in [0.1, 0.15) is 5.75 Å². The number of carbonyl (C=O) groups is 2. The minimum absolute atomic E-state index is 0.129. The summed E-state index contributed by atoms with van der Waals surface area (Å²) in [5, 5.41) is 20.4. The minimum Gasteiger partial charge on any atom is -0.497 e. The Morgan fingerprint density at radius 2 is 1.79 bits per heavy atom. The molecule has 1 aliphatic heterocycles. The largest absolute Gasteiger partial charge is 0.497 e. The lowest BCUT2D eigenvalue weighted by Crippen LogP contribution is -2.25. The van der Waals surface area contributed by atoms with Crippen LogP contribution in [-0.4, -0.2) is 41.0 Å². The van der Waals surface area contributed by atoms with E-state index in [1.54, 1.807) is 20.1 Å². The molecule has 0 bridgehead atoms. The van der Waals surface area contributed by atoms with Crippen molar-refractivity contribution < 1.29 is 34.0 Å². The van der Waals surface area contributed by atoms with Crippen LogP contribution in [0.2, 0.25) is 0 Å². The van der Waals surface area contributed by atoms with Crippen LogP contribution < -0.4 is 14.2 Å². The first-order valence-corrected chi connectivity index (χ1v) is 13.3. The van der Waals surface area contributed by atoms with Gasteiger partial charge in [-0.3, -0.25) is 14.6 Å². The third kappa shape index (κ3) is 5.03. The molecular weight excluding hydrogens is 498 g/mol. The number of hydrogen-bond donors (Lipinski definition) is 2. The molecule has 8 heteroatoms. The quantitative estimate of drug-likeness (QED) is 0.357. The molecule has 2 aliphatic rings. The Morgan fingerprint density at radius 3 is 2.51 bits per heavy atom. The van der Waals surface area contributed by atoms with Crippen molar-refractivity contribution in [3.8, 4) is 17.2 Å². The number of benzene rings is 2. The van der Waals surface area contributed by atoms with Gasteiger partial charge in [0.2, 0.25) is 6.79 Å². The molecule has 0 fully saturated rings. The monoisotopic (exact) mass is 531 g/mol. The molecule has 0 amide bonds. The second-order valence-corrected chi connectivity index (χ2v) is 10.3. The molecule has 39 heavy (non-hydrogen) atoms. The smallest absolute Gasteiger partial charge is 0.308 e. The molecule has 2 unspecified atom stereocenters. The number of nitrogens with zero attached hydrogens (tertiary/aromatic N) is 1. The Labute approximate surface area is 227 Å². The van der Waals surface area contributed by atoms with Crippen LogP contribution in [-0.2, 0) is 22.4 Å². The summed E-state index contributed by atoms with van der Waals surface area (Å²) in [5.41, 5.74) is 4.84. The summed E-state index contributed by atoms with van der Waals surface area (Å²) in [6.45, 7) is 3.91. The Balaban J connectivity index is 1.70. The van der Waals surface area contributed by atoms with Crippen LogP contribution in [0.4, 0.5) is 0 Å². The number of carboxylic acids is 2. The SMILES string of the molecule is CCCCc1ccc2c(n1)[C@@H](c1ccc(OC)cc1CC(C)C(=O)O)C(C(=O)O)[C@H]2c1ccc2c(c1)OCO2. The first-order chi connectivity index (χ1) is 18.8. The fourth-order valence-corrected chi connectivity index (χ4v) is 5.82. The molecular formula is C31H33NO7. The van der Waals surface area contributed by atoms with E-state index in [0.29, 0.717) is 17.2 Å². The van der Waals surface area contributed by atoms with Crippen LogP contribution in [0.1, 0.15) is 72.2 Å². The van der Waals surface area contributed by atoms with Gasteiger partial charge in [0.25, 0.3) is 0 Å². The van der Waals surface area contributed by atoms with Crippen molar-refractivity contribution in [1.82, 2.24) is 4.98 Å². The van der Waals surface area contributed by atoms with Gasteiger partial charge in [-0.1, -0.05) is 38.5 Å². The highest BCUT2D eigenvalue weighted by atomic mass is 16.7. The average molecular weight is 532 g/mol. The highest BCUT2D eigenvalue weighted by Crippen LogP contribution is 2.54. The number of hydrogen-bond acceptors (Lipinski definition) is 6. The van der Waals surface area contributed by atoms with Crippen LogP contribution in [0.3, 0.4) is 0 Å². The van der Waals surface area contributed by atoms with E-state index in [-0.39, 0.29) is 13.2 Å². The summed E-state index contributed by atoms with van der Waals surface area (Å²) in [4.78, 5) is 29.9. The number of methoxy groups -OCH3 is 1. The molecule has 4 atom stereocenters. The Morgan fingerprint density at radius 1 is 1.03 bits per heavy atom. The van der Waals surface area contributed by atoms with E-state index in [4.69, 9.17) is 19.2 Å². The van der Waals surface area contributed by atoms with Gasteiger partial charge < -0.3 is 24.4 Å². The maximum absolute atomic E-state index is 13.1. The van der Waals surface area contributed by atoms with Crippen molar-refractivity contribution in [2.45, 2.75) is 51.4 Å². The fraction of sp³-hybridized carbons (Fsp3) is 0.387. The summed E-state index contributed by atoms with van der Waals surface area (Å²) in [5.74, 6) is -2.60. The van der Waals surface area contributed by atoms with Crippen LogP contribution in [0.25, 0.3) is 0 Å². The van der Waals surface area contributed by atoms with Gasteiger partial charge in [-0.25, -0.2) is 0 Å². The van der Waals surface area contributed by atoms with Gasteiger partial charge in [0, 0.05) is 17.5 Å². The Kier molecular flexibility index (Phi) is 7.46. The van der Waals surface area contributed by atoms with Crippen molar-refractivity contribution in [2.75, 3.05) is 13.9 Å². The molecule has 2 aromatic carbocycles. The minimum atomic E-state index is -0.941. The highest BCUT2D eigenvalue weighted by Gasteiger charge is 2.48. The van der Waals surface area contributed by atoms with Crippen LogP contribution in [0.5, 0.6) is 17.2 Å². The lowest BCUT2D eigenvalue weighted by atomic mass is 9.78. The summed E-state index contributed by atoms with van der Waals surface area (Å²) in [6, 6.07) is 15.1. The number of rotatable bonds is 10. The zero-order chi connectivity index (χ0) is 27.7. The zero-order valence-corrected chi connectivity index (χ0v) is 22.3. The first kappa shape index (κ1) is 26.5. The van der Waals surface area contributed by atoms with Crippen molar-refractivity contribution in [2.24, 2.45) is 11.8 Å². The number of aromatic nitrogens is 1. The van der Waals surface area contributed by atoms with E-state index < -0.39 is 35.6 Å². The Hall–Kier alpha value is -4.07. The van der Waals surface area contributed by atoms with Gasteiger partial charge in [-0.05, 0) is 71.8 Å². The van der Waals surface area contributed by atoms with Crippen LogP contribution in [0.15, 0.2) is 48.5 Å². The molecule has 8 nitrogen and oxygen atoms in total. The summed E-state index contributed by atoms with van der Waals surface area (Å²) < 4.78 is 16.5. The number of carboxylic acid groups (broad SMARTS) is 2. The molecule has 2 heterocycles. The van der Waals surface area contributed by atoms with Crippen molar-refractivity contribution in [1.29, 1.82) is 0 Å². The van der Waals surface area contributed by atoms with Crippen molar-refractivity contribution in [3.05, 3.63) is 82.2 Å². The number of fused-ring (bicyclic) bond motifs is 2. The van der Waals surface area contributed by atoms with Gasteiger partial charge >= 0.3 is 11.9 Å². The normalized spacial score (nSPS) is 19.9.